The maximum atomic E-state index is 4.38. The smallest absolute Gasteiger partial charge is 0.0713 e. The van der Waals surface area contributed by atoms with Gasteiger partial charge in [-0.2, -0.15) is 0 Å². The molecular formula is C15H12N2S. The van der Waals surface area contributed by atoms with E-state index in [2.05, 4.69) is 35.1 Å². The van der Waals surface area contributed by atoms with Crippen molar-refractivity contribution in [2.75, 3.05) is 0 Å². The minimum atomic E-state index is 1.04. The van der Waals surface area contributed by atoms with Gasteiger partial charge >= 0.3 is 0 Å². The van der Waals surface area contributed by atoms with Gasteiger partial charge in [-0.3, -0.25) is 9.97 Å². The lowest BCUT2D eigenvalue weighted by Gasteiger charge is -2.07. The summed E-state index contributed by atoms with van der Waals surface area (Å²) >= 11 is 1.76. The molecule has 1 aromatic carbocycles. The largest absolute Gasteiger partial charge is 0.264 e. The number of nitrogens with zero attached hydrogens (tertiary/aromatic N) is 2. The number of para-hydroxylation sites is 1. The fourth-order valence-electron chi connectivity index (χ4n) is 1.85. The number of benzene rings is 1. The van der Waals surface area contributed by atoms with Gasteiger partial charge in [-0.25, -0.2) is 0 Å². The molecule has 0 aliphatic rings. The Labute approximate surface area is 110 Å². The van der Waals surface area contributed by atoms with Crippen molar-refractivity contribution in [2.24, 2.45) is 0 Å². The summed E-state index contributed by atoms with van der Waals surface area (Å²) in [7, 11) is 0. The summed E-state index contributed by atoms with van der Waals surface area (Å²) in [6.07, 6.45) is 5.59. The Kier molecular flexibility index (Phi) is 2.99. The van der Waals surface area contributed by atoms with Gasteiger partial charge in [0.05, 0.1) is 5.52 Å². The normalized spacial score (nSPS) is 10.7. The molecule has 0 unspecified atom stereocenters. The number of fused-ring (bicyclic) bond motifs is 1. The first-order valence-corrected chi connectivity index (χ1v) is 6.58. The first-order chi connectivity index (χ1) is 8.84. The van der Waals surface area contributed by atoms with Gasteiger partial charge in [0.25, 0.3) is 0 Å². The monoisotopic (exact) mass is 252 g/mol. The number of aryl methyl sites for hydroxylation is 1. The second-order valence-corrected chi connectivity index (χ2v) is 5.15. The maximum absolute atomic E-state index is 4.38. The van der Waals surface area contributed by atoms with Gasteiger partial charge in [0, 0.05) is 33.8 Å². The van der Waals surface area contributed by atoms with Crippen molar-refractivity contribution in [1.82, 2.24) is 9.97 Å². The highest BCUT2D eigenvalue weighted by molar-refractivity contribution is 7.99. The molecule has 0 radical (unpaired) electrons. The van der Waals surface area contributed by atoms with Crippen LogP contribution >= 0.6 is 11.8 Å². The van der Waals surface area contributed by atoms with Crippen molar-refractivity contribution in [3.63, 3.8) is 0 Å². The molecule has 0 amide bonds. The first-order valence-electron chi connectivity index (χ1n) is 5.77. The molecule has 0 aliphatic heterocycles. The van der Waals surface area contributed by atoms with Crippen LogP contribution in [0.3, 0.4) is 0 Å². The van der Waals surface area contributed by atoms with Gasteiger partial charge in [0.15, 0.2) is 0 Å². The fourth-order valence-corrected chi connectivity index (χ4v) is 2.84. The van der Waals surface area contributed by atoms with Crippen LogP contribution in [0, 0.1) is 6.92 Å². The van der Waals surface area contributed by atoms with Crippen LogP contribution in [0.5, 0.6) is 0 Å². The van der Waals surface area contributed by atoms with Crippen LogP contribution in [0.2, 0.25) is 0 Å². The van der Waals surface area contributed by atoms with Crippen molar-refractivity contribution < 1.29 is 0 Å². The van der Waals surface area contributed by atoms with Gasteiger partial charge in [0.2, 0.25) is 0 Å². The predicted molar refractivity (Wildman–Crippen MR) is 74.8 cm³/mol. The summed E-state index contributed by atoms with van der Waals surface area (Å²) in [6.45, 7) is 2.08. The topological polar surface area (TPSA) is 25.8 Å². The van der Waals surface area contributed by atoms with Crippen molar-refractivity contribution in [2.45, 2.75) is 16.7 Å². The molecule has 2 heterocycles. The summed E-state index contributed by atoms with van der Waals surface area (Å²) in [4.78, 5) is 11.0. The van der Waals surface area contributed by atoms with Crippen molar-refractivity contribution in [3.05, 3.63) is 60.6 Å². The molecule has 88 valence electrons. The molecule has 0 aliphatic carbocycles. The molecule has 0 saturated heterocycles. The average molecular weight is 252 g/mol. The van der Waals surface area contributed by atoms with E-state index in [4.69, 9.17) is 0 Å². The van der Waals surface area contributed by atoms with Crippen LogP contribution in [0.25, 0.3) is 10.9 Å². The Morgan fingerprint density at radius 3 is 2.67 bits per heavy atom. The van der Waals surface area contributed by atoms with Crippen molar-refractivity contribution in [3.8, 4) is 0 Å². The Bertz CT molecular complexity index is 689. The zero-order chi connectivity index (χ0) is 12.4. The summed E-state index contributed by atoms with van der Waals surface area (Å²) in [5.74, 6) is 0. The molecule has 3 heteroatoms. The molecule has 0 saturated carbocycles. The van der Waals surface area contributed by atoms with Gasteiger partial charge in [-0.1, -0.05) is 30.0 Å². The SMILES string of the molecule is Cc1cnccc1Sc1ccnc2ccccc12. The second kappa shape index (κ2) is 4.78. The third-order valence-corrected chi connectivity index (χ3v) is 4.05. The fraction of sp³-hybridized carbons (Fsp3) is 0.0667. The molecule has 0 N–H and O–H groups in total. The van der Waals surface area contributed by atoms with Crippen LogP contribution in [-0.2, 0) is 0 Å². The minimum Gasteiger partial charge on any atom is -0.264 e. The molecule has 2 nitrogen and oxygen atoms in total. The van der Waals surface area contributed by atoms with E-state index >= 15 is 0 Å². The van der Waals surface area contributed by atoms with Gasteiger partial charge < -0.3 is 0 Å². The van der Waals surface area contributed by atoms with Crippen LogP contribution in [0.1, 0.15) is 5.56 Å². The summed E-state index contributed by atoms with van der Waals surface area (Å²) < 4.78 is 0. The molecule has 18 heavy (non-hydrogen) atoms. The summed E-state index contributed by atoms with van der Waals surface area (Å²) in [5.41, 5.74) is 2.23. The maximum Gasteiger partial charge on any atom is 0.0713 e. The van der Waals surface area contributed by atoms with Crippen LogP contribution in [-0.4, -0.2) is 9.97 Å². The number of hydrogen-bond donors (Lipinski definition) is 0. The number of rotatable bonds is 2. The molecule has 0 bridgehead atoms. The highest BCUT2D eigenvalue weighted by Gasteiger charge is 2.05. The van der Waals surface area contributed by atoms with Crippen LogP contribution in [0.4, 0.5) is 0 Å². The van der Waals surface area contributed by atoms with E-state index in [0.717, 1.165) is 5.52 Å². The molecule has 0 fully saturated rings. The van der Waals surface area contributed by atoms with E-state index in [0.29, 0.717) is 0 Å². The minimum absolute atomic E-state index is 1.04. The number of aromatic nitrogens is 2. The Morgan fingerprint density at radius 2 is 1.78 bits per heavy atom. The van der Waals surface area contributed by atoms with Gasteiger partial charge in [0.1, 0.15) is 0 Å². The second-order valence-electron chi connectivity index (χ2n) is 4.07. The van der Waals surface area contributed by atoms with E-state index in [1.54, 1.807) is 11.8 Å². The standard InChI is InChI=1S/C15H12N2S/c1-11-10-16-8-6-14(11)18-15-7-9-17-13-5-3-2-4-12(13)15/h2-10H,1H3. The van der Waals surface area contributed by atoms with Gasteiger partial charge in [-0.05, 0) is 30.7 Å². The first kappa shape index (κ1) is 11.2. The lowest BCUT2D eigenvalue weighted by molar-refractivity contribution is 1.18. The van der Waals surface area contributed by atoms with E-state index in [-0.39, 0.29) is 0 Å². The number of hydrogen-bond acceptors (Lipinski definition) is 3. The highest BCUT2D eigenvalue weighted by Crippen LogP contribution is 2.33. The van der Waals surface area contributed by atoms with Crippen molar-refractivity contribution >= 4 is 22.7 Å². The molecule has 0 spiro atoms. The Hall–Kier alpha value is -1.87. The summed E-state index contributed by atoms with van der Waals surface area (Å²) in [6, 6.07) is 12.3. The molecular weight excluding hydrogens is 240 g/mol. The van der Waals surface area contributed by atoms with Crippen LogP contribution < -0.4 is 0 Å². The Morgan fingerprint density at radius 1 is 0.944 bits per heavy atom. The lowest BCUT2D eigenvalue weighted by atomic mass is 10.2. The zero-order valence-corrected chi connectivity index (χ0v) is 10.8. The quantitative estimate of drug-likeness (QED) is 0.687. The van der Waals surface area contributed by atoms with E-state index in [9.17, 15) is 0 Å². The molecule has 0 atom stereocenters. The van der Waals surface area contributed by atoms with E-state index in [1.165, 1.54) is 20.7 Å². The summed E-state index contributed by atoms with van der Waals surface area (Å²) in [5, 5.41) is 1.20. The average Bonchev–Trinajstić information content (AvgIpc) is 2.42. The molecule has 2 aromatic heterocycles. The highest BCUT2D eigenvalue weighted by atomic mass is 32.2. The van der Waals surface area contributed by atoms with Crippen LogP contribution in [0.15, 0.2) is 64.8 Å². The predicted octanol–water partition coefficient (Wildman–Crippen LogP) is 4.09. The lowest BCUT2D eigenvalue weighted by Crippen LogP contribution is -1.84. The van der Waals surface area contributed by atoms with E-state index < -0.39 is 0 Å². The van der Waals surface area contributed by atoms with E-state index in [1.807, 2.05) is 36.8 Å². The Balaban J connectivity index is 2.08. The van der Waals surface area contributed by atoms with Crippen molar-refractivity contribution in [1.29, 1.82) is 0 Å². The zero-order valence-electron chi connectivity index (χ0n) is 10.00. The third-order valence-electron chi connectivity index (χ3n) is 2.80. The molecule has 3 aromatic rings. The van der Waals surface area contributed by atoms with Gasteiger partial charge in [-0.15, -0.1) is 0 Å². The molecule has 3 rings (SSSR count). The number of pyridine rings is 2. The third kappa shape index (κ3) is 2.09.